The Morgan fingerprint density at radius 2 is 2.17 bits per heavy atom. The molecule has 3 heterocycles. The van der Waals surface area contributed by atoms with Gasteiger partial charge in [0.25, 0.3) is 0 Å². The van der Waals surface area contributed by atoms with Crippen molar-refractivity contribution in [2.45, 2.75) is 25.9 Å². The molecule has 3 aromatic rings. The van der Waals surface area contributed by atoms with Crippen molar-refractivity contribution < 1.29 is 4.42 Å². The first-order chi connectivity index (χ1) is 11.0. The molecule has 0 amide bonds. The summed E-state index contributed by atoms with van der Waals surface area (Å²) >= 11 is 12.6. The second kappa shape index (κ2) is 6.39. The lowest BCUT2D eigenvalue weighted by Crippen LogP contribution is -2.19. The van der Waals surface area contributed by atoms with Crippen LogP contribution in [0.1, 0.15) is 18.4 Å². The minimum atomic E-state index is -0.0153. The molecule has 0 aliphatic heterocycles. The number of anilines is 1. The third-order valence-electron chi connectivity index (χ3n) is 3.58. The molecule has 0 aromatic carbocycles. The summed E-state index contributed by atoms with van der Waals surface area (Å²) in [5.41, 5.74) is 7.50. The van der Waals surface area contributed by atoms with Crippen molar-refractivity contribution in [3.8, 4) is 0 Å². The van der Waals surface area contributed by atoms with E-state index in [4.69, 9.17) is 33.4 Å². The van der Waals surface area contributed by atoms with Gasteiger partial charge < -0.3 is 20.0 Å². The van der Waals surface area contributed by atoms with Crippen LogP contribution >= 0.6 is 23.2 Å². The third-order valence-corrected chi connectivity index (χ3v) is 4.16. The average Bonchev–Trinajstić information content (AvgIpc) is 3.08. The zero-order valence-electron chi connectivity index (χ0n) is 12.8. The zero-order chi connectivity index (χ0) is 16.6. The Bertz CT molecular complexity index is 826. The van der Waals surface area contributed by atoms with Gasteiger partial charge >= 0.3 is 0 Å². The van der Waals surface area contributed by atoms with E-state index < -0.39 is 0 Å². The Morgan fingerprint density at radius 1 is 1.39 bits per heavy atom. The first-order valence-electron chi connectivity index (χ1n) is 7.19. The maximum absolute atomic E-state index is 6.56. The Kier molecular flexibility index (Phi) is 4.48. The highest BCUT2D eigenvalue weighted by Gasteiger charge is 2.20. The number of nitrogens with one attached hydrogen (secondary N) is 1. The summed E-state index contributed by atoms with van der Waals surface area (Å²) in [6.07, 6.45) is 2.26. The number of furan rings is 1. The first-order valence-corrected chi connectivity index (χ1v) is 7.95. The lowest BCUT2D eigenvalue weighted by atomic mass is 10.2. The number of rotatable bonds is 5. The monoisotopic (exact) mass is 353 g/mol. The van der Waals surface area contributed by atoms with Crippen LogP contribution in [0.3, 0.4) is 0 Å². The van der Waals surface area contributed by atoms with Crippen LogP contribution in [-0.4, -0.2) is 20.6 Å². The summed E-state index contributed by atoms with van der Waals surface area (Å²) in [6, 6.07) is 3.69. The van der Waals surface area contributed by atoms with E-state index in [2.05, 4.69) is 15.3 Å². The van der Waals surface area contributed by atoms with Gasteiger partial charge in [-0.25, -0.2) is 0 Å². The Balaban J connectivity index is 2.06. The zero-order valence-corrected chi connectivity index (χ0v) is 14.3. The SMILES string of the molecule is CC(N)Cc1c(Cl)c2c(NCc3ccco3)nc(Cl)nc2n1C. The van der Waals surface area contributed by atoms with E-state index >= 15 is 0 Å². The normalized spacial score (nSPS) is 12.7. The molecule has 0 fully saturated rings. The van der Waals surface area contributed by atoms with Crippen LogP contribution in [0.15, 0.2) is 22.8 Å². The van der Waals surface area contributed by atoms with Gasteiger partial charge in [-0.15, -0.1) is 0 Å². The molecule has 1 atom stereocenters. The number of nitrogens with zero attached hydrogens (tertiary/aromatic N) is 3. The highest BCUT2D eigenvalue weighted by atomic mass is 35.5. The standard InChI is InChI=1S/C15H17Cl2N5O/c1-8(18)6-10-12(16)11-13(19-7-9-4-3-5-23-9)20-15(17)21-14(11)22(10)2/h3-5,8H,6-7,18H2,1-2H3,(H,19,20,21). The summed E-state index contributed by atoms with van der Waals surface area (Å²) in [5.74, 6) is 1.36. The fourth-order valence-electron chi connectivity index (χ4n) is 2.53. The molecule has 0 aliphatic carbocycles. The molecular weight excluding hydrogens is 337 g/mol. The molecule has 23 heavy (non-hydrogen) atoms. The number of fused-ring (bicyclic) bond motifs is 1. The predicted molar refractivity (Wildman–Crippen MR) is 91.9 cm³/mol. The van der Waals surface area contributed by atoms with Crippen LogP contribution in [0.5, 0.6) is 0 Å². The highest BCUT2D eigenvalue weighted by Crippen LogP contribution is 2.35. The molecule has 3 aromatic heterocycles. The number of aromatic nitrogens is 3. The van der Waals surface area contributed by atoms with Gasteiger partial charge in [-0.1, -0.05) is 11.6 Å². The maximum atomic E-state index is 6.56. The second-order valence-corrected chi connectivity index (χ2v) is 6.19. The number of hydrogen-bond acceptors (Lipinski definition) is 5. The van der Waals surface area contributed by atoms with Gasteiger partial charge in [0.15, 0.2) is 0 Å². The van der Waals surface area contributed by atoms with Crippen molar-refractivity contribution in [2.75, 3.05) is 5.32 Å². The Labute approximate surface area is 143 Å². The van der Waals surface area contributed by atoms with Gasteiger partial charge in [-0.05, 0) is 30.7 Å². The van der Waals surface area contributed by atoms with Crippen molar-refractivity contribution in [3.05, 3.63) is 40.2 Å². The third kappa shape index (κ3) is 3.15. The average molecular weight is 354 g/mol. The quantitative estimate of drug-likeness (QED) is 0.687. The summed E-state index contributed by atoms with van der Waals surface area (Å²) in [4.78, 5) is 8.57. The maximum Gasteiger partial charge on any atom is 0.226 e. The summed E-state index contributed by atoms with van der Waals surface area (Å²) in [7, 11) is 1.89. The van der Waals surface area contributed by atoms with Crippen LogP contribution < -0.4 is 11.1 Å². The molecule has 1 unspecified atom stereocenters. The largest absolute Gasteiger partial charge is 0.467 e. The summed E-state index contributed by atoms with van der Waals surface area (Å²) < 4.78 is 7.23. The van der Waals surface area contributed by atoms with Crippen molar-refractivity contribution in [1.29, 1.82) is 0 Å². The van der Waals surface area contributed by atoms with E-state index in [1.165, 1.54) is 0 Å². The van der Waals surface area contributed by atoms with Crippen LogP contribution in [0, 0.1) is 0 Å². The van der Waals surface area contributed by atoms with Crippen LogP contribution in [0.2, 0.25) is 10.3 Å². The van der Waals surface area contributed by atoms with E-state index in [1.807, 2.05) is 30.7 Å². The Hall–Kier alpha value is -1.76. The van der Waals surface area contributed by atoms with Crippen LogP contribution in [0.4, 0.5) is 5.82 Å². The number of halogens is 2. The molecular formula is C15H17Cl2N5O. The first kappa shape index (κ1) is 16.1. The van der Waals surface area contributed by atoms with E-state index in [9.17, 15) is 0 Å². The number of hydrogen-bond donors (Lipinski definition) is 2. The van der Waals surface area contributed by atoms with Gasteiger partial charge in [0, 0.05) is 25.2 Å². The minimum Gasteiger partial charge on any atom is -0.467 e. The van der Waals surface area contributed by atoms with Gasteiger partial charge in [0.05, 0.1) is 23.2 Å². The van der Waals surface area contributed by atoms with Crippen LogP contribution in [0.25, 0.3) is 11.0 Å². The lowest BCUT2D eigenvalue weighted by Gasteiger charge is -2.07. The molecule has 0 radical (unpaired) electrons. The van der Waals surface area contributed by atoms with E-state index in [1.54, 1.807) is 6.26 Å². The number of nitrogens with two attached hydrogens (primary N) is 1. The van der Waals surface area contributed by atoms with Gasteiger partial charge in [-0.2, -0.15) is 9.97 Å². The van der Waals surface area contributed by atoms with Gasteiger partial charge in [0.1, 0.15) is 17.2 Å². The second-order valence-electron chi connectivity index (χ2n) is 5.47. The number of aryl methyl sites for hydroxylation is 1. The van der Waals surface area contributed by atoms with Gasteiger partial charge in [-0.3, -0.25) is 0 Å². The molecule has 122 valence electrons. The molecule has 0 saturated carbocycles. The molecule has 3 rings (SSSR count). The fraction of sp³-hybridized carbons (Fsp3) is 0.333. The molecule has 0 bridgehead atoms. The highest BCUT2D eigenvalue weighted by molar-refractivity contribution is 6.37. The molecule has 0 saturated heterocycles. The summed E-state index contributed by atoms with van der Waals surface area (Å²) in [6.45, 7) is 2.41. The van der Waals surface area contributed by atoms with E-state index in [0.717, 1.165) is 16.8 Å². The smallest absolute Gasteiger partial charge is 0.226 e. The van der Waals surface area contributed by atoms with Crippen LogP contribution in [-0.2, 0) is 20.0 Å². The molecule has 6 nitrogen and oxygen atoms in total. The lowest BCUT2D eigenvalue weighted by molar-refractivity contribution is 0.518. The van der Waals surface area contributed by atoms with Crippen molar-refractivity contribution in [3.63, 3.8) is 0 Å². The van der Waals surface area contributed by atoms with Gasteiger partial charge in [0.2, 0.25) is 5.28 Å². The fourth-order valence-corrected chi connectivity index (χ4v) is 3.07. The predicted octanol–water partition coefficient (Wildman–Crippen LogP) is 3.37. The van der Waals surface area contributed by atoms with E-state index in [0.29, 0.717) is 29.5 Å². The molecule has 3 N–H and O–H groups in total. The molecule has 8 heteroatoms. The summed E-state index contributed by atoms with van der Waals surface area (Å²) in [5, 5.41) is 4.70. The topological polar surface area (TPSA) is 81.9 Å². The van der Waals surface area contributed by atoms with Crippen molar-refractivity contribution >= 4 is 40.1 Å². The van der Waals surface area contributed by atoms with E-state index in [-0.39, 0.29) is 11.3 Å². The molecule has 0 spiro atoms. The van der Waals surface area contributed by atoms with Crippen molar-refractivity contribution in [2.24, 2.45) is 12.8 Å². The van der Waals surface area contributed by atoms with Crippen molar-refractivity contribution in [1.82, 2.24) is 14.5 Å². The molecule has 0 aliphatic rings. The Morgan fingerprint density at radius 3 is 2.83 bits per heavy atom. The minimum absolute atomic E-state index is 0.0153.